The Morgan fingerprint density at radius 2 is 1.76 bits per heavy atom. The molecule has 174 valence electrons. The molecule has 2 N–H and O–H groups in total. The summed E-state index contributed by atoms with van der Waals surface area (Å²) in [5, 5.41) is 25.6. The van der Waals surface area contributed by atoms with Gasteiger partial charge in [-0.15, -0.1) is 0 Å². The summed E-state index contributed by atoms with van der Waals surface area (Å²) >= 11 is 0. The standard InChI is InChI=1S/C24H26N2O7/c1-24(29)13-18(25-14-15-7-5-4-6-8-15)20(22(27)32-2)19(21(24)23(28)33-3)16-9-11-17(12-10-16)26(30)31/h4-12,19,21,25,29H,13-14H2,1-3H3. The Balaban J connectivity index is 2.16. The zero-order valence-electron chi connectivity index (χ0n) is 18.6. The fourth-order valence-electron chi connectivity index (χ4n) is 4.28. The van der Waals surface area contributed by atoms with Crippen molar-refractivity contribution in [2.45, 2.75) is 31.4 Å². The number of nitrogens with zero attached hydrogens (tertiary/aromatic N) is 1. The molecule has 0 fully saturated rings. The molecule has 3 unspecified atom stereocenters. The van der Waals surface area contributed by atoms with Crippen molar-refractivity contribution in [3.8, 4) is 0 Å². The molecule has 0 amide bonds. The Bertz CT molecular complexity index is 1060. The smallest absolute Gasteiger partial charge is 0.336 e. The topological polar surface area (TPSA) is 128 Å². The molecule has 3 atom stereocenters. The van der Waals surface area contributed by atoms with Crippen LogP contribution in [0.5, 0.6) is 0 Å². The Hall–Kier alpha value is -3.72. The van der Waals surface area contributed by atoms with Crippen LogP contribution in [0.3, 0.4) is 0 Å². The van der Waals surface area contributed by atoms with E-state index in [1.54, 1.807) is 0 Å². The number of nitrogens with one attached hydrogen (secondary N) is 1. The molecule has 9 heteroatoms. The highest BCUT2D eigenvalue weighted by molar-refractivity contribution is 5.93. The summed E-state index contributed by atoms with van der Waals surface area (Å²) in [4.78, 5) is 36.3. The second-order valence-electron chi connectivity index (χ2n) is 8.08. The number of benzene rings is 2. The summed E-state index contributed by atoms with van der Waals surface area (Å²) in [7, 11) is 2.44. The average molecular weight is 454 g/mol. The van der Waals surface area contributed by atoms with Gasteiger partial charge in [-0.2, -0.15) is 0 Å². The van der Waals surface area contributed by atoms with E-state index in [0.717, 1.165) is 5.56 Å². The van der Waals surface area contributed by atoms with Crippen LogP contribution in [0.2, 0.25) is 0 Å². The number of rotatable bonds is 7. The third kappa shape index (κ3) is 5.04. The monoisotopic (exact) mass is 454 g/mol. The van der Waals surface area contributed by atoms with E-state index in [-0.39, 0.29) is 17.7 Å². The van der Waals surface area contributed by atoms with Crippen molar-refractivity contribution in [1.82, 2.24) is 5.32 Å². The maximum atomic E-state index is 13.0. The lowest BCUT2D eigenvalue weighted by Gasteiger charge is -2.42. The minimum atomic E-state index is -1.57. The number of non-ortho nitro benzene ring substituents is 1. The van der Waals surface area contributed by atoms with E-state index < -0.39 is 34.3 Å². The third-order valence-corrected chi connectivity index (χ3v) is 5.85. The first-order valence-corrected chi connectivity index (χ1v) is 10.3. The first-order valence-electron chi connectivity index (χ1n) is 10.3. The molecule has 1 aliphatic carbocycles. The van der Waals surface area contributed by atoms with Crippen molar-refractivity contribution in [1.29, 1.82) is 0 Å². The number of hydrogen-bond acceptors (Lipinski definition) is 8. The first kappa shape index (κ1) is 23.9. The lowest BCUT2D eigenvalue weighted by molar-refractivity contribution is -0.384. The van der Waals surface area contributed by atoms with Crippen LogP contribution in [0.15, 0.2) is 65.9 Å². The number of carbonyl (C=O) groups is 2. The van der Waals surface area contributed by atoms with Crippen LogP contribution >= 0.6 is 0 Å². The first-order chi connectivity index (χ1) is 15.7. The van der Waals surface area contributed by atoms with Gasteiger partial charge in [0.2, 0.25) is 0 Å². The minimum Gasteiger partial charge on any atom is -0.469 e. The van der Waals surface area contributed by atoms with Gasteiger partial charge in [0.1, 0.15) is 0 Å². The van der Waals surface area contributed by atoms with Gasteiger partial charge in [0.25, 0.3) is 5.69 Å². The van der Waals surface area contributed by atoms with Gasteiger partial charge in [-0.1, -0.05) is 42.5 Å². The summed E-state index contributed by atoms with van der Waals surface area (Å²) in [6, 6.07) is 15.0. The van der Waals surface area contributed by atoms with Gasteiger partial charge < -0.3 is 19.9 Å². The van der Waals surface area contributed by atoms with E-state index in [0.29, 0.717) is 17.8 Å². The van der Waals surface area contributed by atoms with Gasteiger partial charge >= 0.3 is 11.9 Å². The maximum absolute atomic E-state index is 13.0. The van der Waals surface area contributed by atoms with Crippen molar-refractivity contribution in [3.05, 3.63) is 87.1 Å². The van der Waals surface area contributed by atoms with Gasteiger partial charge in [0.15, 0.2) is 0 Å². The Kier molecular flexibility index (Phi) is 7.13. The summed E-state index contributed by atoms with van der Waals surface area (Å²) in [6.07, 6.45) is -0.0203. The fourth-order valence-corrected chi connectivity index (χ4v) is 4.28. The van der Waals surface area contributed by atoms with Gasteiger partial charge in [-0.05, 0) is 18.1 Å². The molecule has 0 radical (unpaired) electrons. The molecule has 9 nitrogen and oxygen atoms in total. The number of nitro groups is 1. The van der Waals surface area contributed by atoms with Crippen molar-refractivity contribution < 1.29 is 29.1 Å². The highest BCUT2D eigenvalue weighted by Gasteiger charge is 2.52. The number of nitro benzene ring substituents is 1. The van der Waals surface area contributed by atoms with Crippen LogP contribution in [0.4, 0.5) is 5.69 Å². The van der Waals surface area contributed by atoms with Crippen LogP contribution in [-0.2, 0) is 25.6 Å². The molecule has 0 aliphatic heterocycles. The number of hydrogen-bond donors (Lipinski definition) is 2. The second-order valence-corrected chi connectivity index (χ2v) is 8.08. The Morgan fingerprint density at radius 3 is 2.30 bits per heavy atom. The molecule has 0 bridgehead atoms. The molecule has 1 aliphatic rings. The maximum Gasteiger partial charge on any atom is 0.336 e. The van der Waals surface area contributed by atoms with Crippen molar-refractivity contribution >= 4 is 17.6 Å². The fraction of sp³-hybridized carbons (Fsp3) is 0.333. The molecule has 3 rings (SSSR count). The number of ether oxygens (including phenoxy) is 2. The lowest BCUT2D eigenvalue weighted by Crippen LogP contribution is -2.50. The summed E-state index contributed by atoms with van der Waals surface area (Å²) in [5.41, 5.74) is 0.285. The molecule has 0 saturated carbocycles. The second kappa shape index (κ2) is 9.83. The van der Waals surface area contributed by atoms with Gasteiger partial charge in [0.05, 0.1) is 36.2 Å². The van der Waals surface area contributed by atoms with Crippen molar-refractivity contribution in [2.24, 2.45) is 5.92 Å². The number of aliphatic hydroxyl groups is 1. The summed E-state index contributed by atoms with van der Waals surface area (Å²) < 4.78 is 10.00. The van der Waals surface area contributed by atoms with Gasteiger partial charge in [0, 0.05) is 36.7 Å². The molecule has 0 saturated heterocycles. The largest absolute Gasteiger partial charge is 0.469 e. The molecule has 33 heavy (non-hydrogen) atoms. The quantitative estimate of drug-likeness (QED) is 0.371. The van der Waals surface area contributed by atoms with E-state index in [1.165, 1.54) is 45.4 Å². The Labute approximate surface area is 191 Å². The van der Waals surface area contributed by atoms with E-state index in [4.69, 9.17) is 9.47 Å². The predicted octanol–water partition coefficient (Wildman–Crippen LogP) is 2.84. The molecule has 0 aromatic heterocycles. The van der Waals surface area contributed by atoms with Crippen molar-refractivity contribution in [3.63, 3.8) is 0 Å². The molecule has 0 heterocycles. The third-order valence-electron chi connectivity index (χ3n) is 5.85. The minimum absolute atomic E-state index is 0.0203. The van der Waals surface area contributed by atoms with E-state index >= 15 is 0 Å². The number of methoxy groups -OCH3 is 2. The Morgan fingerprint density at radius 1 is 1.12 bits per heavy atom. The SMILES string of the molecule is COC(=O)C1=C(NCc2ccccc2)CC(C)(O)C(C(=O)OC)C1c1ccc([N+](=O)[O-])cc1. The lowest BCUT2D eigenvalue weighted by atomic mass is 9.66. The van der Waals surface area contributed by atoms with Crippen LogP contribution in [-0.4, -0.2) is 41.8 Å². The van der Waals surface area contributed by atoms with E-state index in [9.17, 15) is 24.8 Å². The predicted molar refractivity (Wildman–Crippen MR) is 119 cm³/mol. The van der Waals surface area contributed by atoms with Gasteiger partial charge in [-0.25, -0.2) is 4.79 Å². The van der Waals surface area contributed by atoms with Crippen LogP contribution in [0.25, 0.3) is 0 Å². The highest BCUT2D eigenvalue weighted by atomic mass is 16.6. The summed E-state index contributed by atoms with van der Waals surface area (Å²) in [5.74, 6) is -3.46. The number of carbonyl (C=O) groups excluding carboxylic acids is 2. The molecule has 2 aromatic carbocycles. The number of esters is 2. The molecular formula is C24H26N2O7. The average Bonchev–Trinajstić information content (AvgIpc) is 2.81. The summed E-state index contributed by atoms with van der Waals surface area (Å²) in [6.45, 7) is 1.88. The molecular weight excluding hydrogens is 428 g/mol. The molecule has 0 spiro atoms. The van der Waals surface area contributed by atoms with E-state index in [1.807, 2.05) is 30.3 Å². The zero-order valence-corrected chi connectivity index (χ0v) is 18.6. The van der Waals surface area contributed by atoms with Crippen molar-refractivity contribution in [2.75, 3.05) is 14.2 Å². The van der Waals surface area contributed by atoms with Crippen LogP contribution in [0, 0.1) is 16.0 Å². The normalized spacial score (nSPS) is 22.4. The van der Waals surface area contributed by atoms with Crippen LogP contribution < -0.4 is 5.32 Å². The van der Waals surface area contributed by atoms with E-state index in [2.05, 4.69) is 5.32 Å². The zero-order chi connectivity index (χ0) is 24.2. The van der Waals surface area contributed by atoms with Gasteiger partial charge in [-0.3, -0.25) is 14.9 Å². The van der Waals surface area contributed by atoms with Crippen LogP contribution in [0.1, 0.15) is 30.4 Å². The molecule has 2 aromatic rings. The highest BCUT2D eigenvalue weighted by Crippen LogP contribution is 2.47.